The standard InChI is InChI=1S/C15H19N3/c1-2-6-13(7-3-1)15-8-4-5-9-18(15)11-14-10-16-12-17-14/h1-3,6-7,10,12,15H,4-5,8-9,11H2,(H,16,17)/t15-/m0/s1. The lowest BCUT2D eigenvalue weighted by Crippen LogP contribution is -2.33. The van der Waals surface area contributed by atoms with Crippen LogP contribution in [0.5, 0.6) is 0 Å². The number of hydrogen-bond acceptors (Lipinski definition) is 2. The first-order chi connectivity index (χ1) is 8.93. The number of aromatic amines is 1. The quantitative estimate of drug-likeness (QED) is 0.895. The number of rotatable bonds is 3. The fourth-order valence-electron chi connectivity index (χ4n) is 2.82. The van der Waals surface area contributed by atoms with Crippen LogP contribution in [0, 0.1) is 0 Å². The Labute approximate surface area is 108 Å². The van der Waals surface area contributed by atoms with Gasteiger partial charge in [-0.3, -0.25) is 4.90 Å². The lowest BCUT2D eigenvalue weighted by Gasteiger charge is -2.35. The van der Waals surface area contributed by atoms with Gasteiger partial charge in [0.15, 0.2) is 0 Å². The second kappa shape index (κ2) is 5.36. The van der Waals surface area contributed by atoms with E-state index in [-0.39, 0.29) is 0 Å². The molecule has 1 N–H and O–H groups in total. The molecule has 0 spiro atoms. The lowest BCUT2D eigenvalue weighted by atomic mass is 9.95. The normalized spacial score (nSPS) is 21.0. The number of piperidine rings is 1. The Kier molecular flexibility index (Phi) is 3.42. The van der Waals surface area contributed by atoms with Crippen molar-refractivity contribution in [1.82, 2.24) is 14.9 Å². The molecule has 2 heterocycles. The number of imidazole rings is 1. The van der Waals surface area contributed by atoms with Gasteiger partial charge in [-0.05, 0) is 24.9 Å². The van der Waals surface area contributed by atoms with Gasteiger partial charge in [-0.15, -0.1) is 0 Å². The van der Waals surface area contributed by atoms with Gasteiger partial charge in [0.05, 0.1) is 6.33 Å². The summed E-state index contributed by atoms with van der Waals surface area (Å²) in [7, 11) is 0. The van der Waals surface area contributed by atoms with E-state index in [1.807, 2.05) is 6.20 Å². The van der Waals surface area contributed by atoms with Crippen LogP contribution in [-0.4, -0.2) is 21.4 Å². The highest BCUT2D eigenvalue weighted by Crippen LogP contribution is 2.31. The molecule has 1 aliphatic rings. The lowest BCUT2D eigenvalue weighted by molar-refractivity contribution is 0.139. The fourth-order valence-corrected chi connectivity index (χ4v) is 2.82. The Morgan fingerprint density at radius 1 is 1.22 bits per heavy atom. The van der Waals surface area contributed by atoms with Crippen LogP contribution in [0.25, 0.3) is 0 Å². The van der Waals surface area contributed by atoms with Crippen molar-refractivity contribution >= 4 is 0 Å². The van der Waals surface area contributed by atoms with Crippen LogP contribution in [0.3, 0.4) is 0 Å². The zero-order valence-electron chi connectivity index (χ0n) is 10.5. The highest BCUT2D eigenvalue weighted by atomic mass is 15.2. The van der Waals surface area contributed by atoms with Crippen molar-refractivity contribution < 1.29 is 0 Å². The molecule has 18 heavy (non-hydrogen) atoms. The maximum absolute atomic E-state index is 4.10. The van der Waals surface area contributed by atoms with Gasteiger partial charge in [-0.1, -0.05) is 36.8 Å². The largest absolute Gasteiger partial charge is 0.347 e. The smallest absolute Gasteiger partial charge is 0.0922 e. The molecule has 0 radical (unpaired) electrons. The van der Waals surface area contributed by atoms with Crippen molar-refractivity contribution in [2.75, 3.05) is 6.54 Å². The van der Waals surface area contributed by atoms with Crippen molar-refractivity contribution in [2.45, 2.75) is 31.8 Å². The molecule has 3 nitrogen and oxygen atoms in total. The van der Waals surface area contributed by atoms with Crippen LogP contribution in [-0.2, 0) is 6.54 Å². The summed E-state index contributed by atoms with van der Waals surface area (Å²) in [5.74, 6) is 0. The SMILES string of the molecule is c1ccc([C@@H]2CCCCN2Cc2cnc[nH]2)cc1. The average molecular weight is 241 g/mol. The van der Waals surface area contributed by atoms with Crippen LogP contribution >= 0.6 is 0 Å². The Hall–Kier alpha value is -1.61. The molecule has 0 bridgehead atoms. The summed E-state index contributed by atoms with van der Waals surface area (Å²) in [5, 5.41) is 0. The first-order valence-corrected chi connectivity index (χ1v) is 6.70. The van der Waals surface area contributed by atoms with Gasteiger partial charge in [-0.25, -0.2) is 4.98 Å². The number of aromatic nitrogens is 2. The predicted molar refractivity (Wildman–Crippen MR) is 72.0 cm³/mol. The topological polar surface area (TPSA) is 31.9 Å². The van der Waals surface area contributed by atoms with Crippen LogP contribution in [0.1, 0.15) is 36.6 Å². The molecule has 0 aliphatic carbocycles. The molecule has 0 amide bonds. The van der Waals surface area contributed by atoms with E-state index in [4.69, 9.17) is 0 Å². The molecular formula is C15H19N3. The minimum absolute atomic E-state index is 0.559. The molecule has 94 valence electrons. The van der Waals surface area contributed by atoms with E-state index in [9.17, 15) is 0 Å². The second-order valence-corrected chi connectivity index (χ2v) is 4.97. The third-order valence-electron chi connectivity index (χ3n) is 3.73. The average Bonchev–Trinajstić information content (AvgIpc) is 2.93. The summed E-state index contributed by atoms with van der Waals surface area (Å²) in [6.07, 6.45) is 7.59. The molecule has 0 saturated carbocycles. The van der Waals surface area contributed by atoms with E-state index in [1.165, 1.54) is 37.1 Å². The molecule has 0 unspecified atom stereocenters. The third-order valence-corrected chi connectivity index (χ3v) is 3.73. The molecule has 2 aromatic rings. The molecule has 1 fully saturated rings. The van der Waals surface area contributed by atoms with Gasteiger partial charge in [-0.2, -0.15) is 0 Å². The van der Waals surface area contributed by atoms with Crippen molar-refractivity contribution in [3.05, 3.63) is 54.1 Å². The van der Waals surface area contributed by atoms with Crippen LogP contribution in [0.4, 0.5) is 0 Å². The maximum atomic E-state index is 4.10. The van der Waals surface area contributed by atoms with Gasteiger partial charge in [0.1, 0.15) is 0 Å². The molecular weight excluding hydrogens is 222 g/mol. The second-order valence-electron chi connectivity index (χ2n) is 4.97. The molecule has 1 atom stereocenters. The molecule has 1 aromatic heterocycles. The highest BCUT2D eigenvalue weighted by molar-refractivity contribution is 5.19. The minimum Gasteiger partial charge on any atom is -0.347 e. The van der Waals surface area contributed by atoms with Gasteiger partial charge >= 0.3 is 0 Å². The summed E-state index contributed by atoms with van der Waals surface area (Å²) in [5.41, 5.74) is 2.65. The van der Waals surface area contributed by atoms with Gasteiger partial charge in [0, 0.05) is 24.5 Å². The number of hydrogen-bond donors (Lipinski definition) is 1. The summed E-state index contributed by atoms with van der Waals surface area (Å²) >= 11 is 0. The minimum atomic E-state index is 0.559. The number of H-pyrrole nitrogens is 1. The molecule has 1 aromatic carbocycles. The number of nitrogens with one attached hydrogen (secondary N) is 1. The maximum Gasteiger partial charge on any atom is 0.0922 e. The zero-order valence-corrected chi connectivity index (χ0v) is 10.5. The van der Waals surface area contributed by atoms with Crippen molar-refractivity contribution in [3.63, 3.8) is 0 Å². The van der Waals surface area contributed by atoms with E-state index >= 15 is 0 Å². The molecule has 3 heteroatoms. The Balaban J connectivity index is 1.78. The monoisotopic (exact) mass is 241 g/mol. The summed E-state index contributed by atoms with van der Waals surface area (Å²) in [6.45, 7) is 2.15. The third kappa shape index (κ3) is 2.46. The first-order valence-electron chi connectivity index (χ1n) is 6.70. The molecule has 3 rings (SSSR count). The fraction of sp³-hybridized carbons (Fsp3) is 0.400. The van der Waals surface area contributed by atoms with Crippen LogP contribution < -0.4 is 0 Å². The van der Waals surface area contributed by atoms with Gasteiger partial charge in [0.2, 0.25) is 0 Å². The van der Waals surface area contributed by atoms with Crippen molar-refractivity contribution in [1.29, 1.82) is 0 Å². The summed E-state index contributed by atoms with van der Waals surface area (Å²) in [4.78, 5) is 9.87. The van der Waals surface area contributed by atoms with E-state index in [1.54, 1.807) is 6.33 Å². The zero-order chi connectivity index (χ0) is 12.2. The summed E-state index contributed by atoms with van der Waals surface area (Å²) in [6, 6.07) is 11.4. The van der Waals surface area contributed by atoms with Gasteiger partial charge < -0.3 is 4.98 Å². The number of nitrogens with zero attached hydrogens (tertiary/aromatic N) is 2. The number of benzene rings is 1. The predicted octanol–water partition coefficient (Wildman–Crippen LogP) is 3.14. The Bertz CT molecular complexity index is 464. The Morgan fingerprint density at radius 2 is 2.11 bits per heavy atom. The van der Waals surface area contributed by atoms with E-state index in [0.717, 1.165) is 6.54 Å². The van der Waals surface area contributed by atoms with Crippen LogP contribution in [0.2, 0.25) is 0 Å². The van der Waals surface area contributed by atoms with E-state index in [2.05, 4.69) is 45.2 Å². The highest BCUT2D eigenvalue weighted by Gasteiger charge is 2.23. The van der Waals surface area contributed by atoms with Crippen LogP contribution in [0.15, 0.2) is 42.9 Å². The molecule has 1 aliphatic heterocycles. The Morgan fingerprint density at radius 3 is 2.89 bits per heavy atom. The molecule has 1 saturated heterocycles. The van der Waals surface area contributed by atoms with Gasteiger partial charge in [0.25, 0.3) is 0 Å². The van der Waals surface area contributed by atoms with Crippen molar-refractivity contribution in [3.8, 4) is 0 Å². The number of likely N-dealkylation sites (tertiary alicyclic amines) is 1. The van der Waals surface area contributed by atoms with Crippen molar-refractivity contribution in [2.24, 2.45) is 0 Å². The summed E-state index contributed by atoms with van der Waals surface area (Å²) < 4.78 is 0. The first kappa shape index (κ1) is 11.5. The van der Waals surface area contributed by atoms with E-state index < -0.39 is 0 Å². The van der Waals surface area contributed by atoms with E-state index in [0.29, 0.717) is 6.04 Å².